The molecule has 0 bridgehead atoms. The predicted octanol–water partition coefficient (Wildman–Crippen LogP) is 1.43. The van der Waals surface area contributed by atoms with Gasteiger partial charge in [-0.15, -0.1) is 12.4 Å². The zero-order valence-corrected chi connectivity index (χ0v) is 12.3. The summed E-state index contributed by atoms with van der Waals surface area (Å²) in [4.78, 5) is 26.1. The summed E-state index contributed by atoms with van der Waals surface area (Å²) < 4.78 is 13.2. The summed E-state index contributed by atoms with van der Waals surface area (Å²) in [7, 11) is 0. The smallest absolute Gasteiger partial charge is 0.252 e. The maximum atomic E-state index is 13.2. The summed E-state index contributed by atoms with van der Waals surface area (Å²) in [6, 6.07) is 5.17. The second kappa shape index (κ2) is 7.75. The number of rotatable bonds is 5. The zero-order valence-electron chi connectivity index (χ0n) is 11.5. The van der Waals surface area contributed by atoms with Gasteiger partial charge in [0, 0.05) is 24.5 Å². The lowest BCUT2D eigenvalue weighted by atomic mass is 10.1. The Morgan fingerprint density at radius 1 is 1.29 bits per heavy atom. The van der Waals surface area contributed by atoms with Crippen molar-refractivity contribution in [3.8, 4) is 0 Å². The van der Waals surface area contributed by atoms with E-state index in [0.29, 0.717) is 24.0 Å². The number of likely N-dealkylation sites (N-methyl/N-ethyl adjacent to an activating group) is 1. The molecule has 1 amide bonds. The van der Waals surface area contributed by atoms with E-state index in [0.717, 1.165) is 6.54 Å². The maximum absolute atomic E-state index is 13.2. The number of H-pyrrole nitrogens is 1. The Hall–Kier alpha value is -1.92. The molecule has 1 heterocycles. The molecule has 3 N–H and O–H groups in total. The topological polar surface area (TPSA) is 74.0 Å². The van der Waals surface area contributed by atoms with Gasteiger partial charge in [0.25, 0.3) is 5.91 Å². The average Bonchev–Trinajstić information content (AvgIpc) is 2.42. The largest absolute Gasteiger partial charge is 0.351 e. The van der Waals surface area contributed by atoms with E-state index in [4.69, 9.17) is 0 Å². The third kappa shape index (κ3) is 4.27. The number of hydrogen-bond donors (Lipinski definition) is 3. The quantitative estimate of drug-likeness (QED) is 0.731. The summed E-state index contributed by atoms with van der Waals surface area (Å²) in [5.41, 5.74) is 0.134. The van der Waals surface area contributed by atoms with E-state index in [2.05, 4.69) is 15.6 Å². The number of carbonyl (C=O) groups excluding carboxylic acids is 1. The van der Waals surface area contributed by atoms with Crippen molar-refractivity contribution in [3.63, 3.8) is 0 Å². The predicted molar refractivity (Wildman–Crippen MR) is 82.7 cm³/mol. The van der Waals surface area contributed by atoms with E-state index in [-0.39, 0.29) is 23.9 Å². The van der Waals surface area contributed by atoms with Gasteiger partial charge in [0.15, 0.2) is 0 Å². The number of pyridine rings is 1. The first-order valence-corrected chi connectivity index (χ1v) is 6.43. The first kappa shape index (κ1) is 17.1. The van der Waals surface area contributed by atoms with Crippen LogP contribution >= 0.6 is 12.4 Å². The van der Waals surface area contributed by atoms with E-state index in [1.807, 2.05) is 6.92 Å². The lowest BCUT2D eigenvalue weighted by molar-refractivity contribution is 0.0955. The summed E-state index contributed by atoms with van der Waals surface area (Å²) in [6.45, 7) is 3.91. The fourth-order valence-corrected chi connectivity index (χ4v) is 1.96. The molecule has 0 unspecified atom stereocenters. The number of nitrogens with one attached hydrogen (secondary N) is 3. The fraction of sp³-hybridized carbons (Fsp3) is 0.286. The highest BCUT2D eigenvalue weighted by Gasteiger charge is 2.11. The van der Waals surface area contributed by atoms with Crippen molar-refractivity contribution in [1.82, 2.24) is 15.6 Å². The highest BCUT2D eigenvalue weighted by atomic mass is 35.5. The van der Waals surface area contributed by atoms with Gasteiger partial charge in [-0.3, -0.25) is 9.59 Å². The van der Waals surface area contributed by atoms with Gasteiger partial charge in [-0.2, -0.15) is 0 Å². The minimum Gasteiger partial charge on any atom is -0.351 e. The van der Waals surface area contributed by atoms with Crippen molar-refractivity contribution in [2.75, 3.05) is 19.6 Å². The molecular formula is C14H17ClFN3O2. The average molecular weight is 314 g/mol. The van der Waals surface area contributed by atoms with Crippen molar-refractivity contribution in [3.05, 3.63) is 46.0 Å². The highest BCUT2D eigenvalue weighted by Crippen LogP contribution is 2.16. The molecule has 0 atom stereocenters. The first-order chi connectivity index (χ1) is 9.61. The maximum Gasteiger partial charge on any atom is 0.252 e. The summed E-state index contributed by atoms with van der Waals surface area (Å²) >= 11 is 0. The van der Waals surface area contributed by atoms with Crippen molar-refractivity contribution in [2.24, 2.45) is 0 Å². The molecule has 1 aromatic carbocycles. The van der Waals surface area contributed by atoms with Gasteiger partial charge < -0.3 is 15.6 Å². The molecule has 114 valence electrons. The molecule has 2 rings (SSSR count). The zero-order chi connectivity index (χ0) is 14.5. The third-order valence-corrected chi connectivity index (χ3v) is 2.89. The minimum atomic E-state index is -0.460. The molecule has 0 aliphatic heterocycles. The Morgan fingerprint density at radius 2 is 2.05 bits per heavy atom. The van der Waals surface area contributed by atoms with Crippen LogP contribution in [0.25, 0.3) is 10.9 Å². The number of fused-ring (bicyclic) bond motifs is 1. The standard InChI is InChI=1S/C14H16FN3O2.ClH/c1-2-16-5-6-17-14(20)11-8-13(19)18-12-7-9(15)3-4-10(11)12;/h3-4,7-8,16H,2,5-6H2,1H3,(H,17,20)(H,18,19);1H. The Labute approximate surface area is 127 Å². The lowest BCUT2D eigenvalue weighted by Gasteiger charge is -2.08. The number of benzene rings is 1. The number of amides is 1. The molecule has 0 spiro atoms. The Morgan fingerprint density at radius 3 is 2.76 bits per heavy atom. The van der Waals surface area contributed by atoms with Gasteiger partial charge in [-0.25, -0.2) is 4.39 Å². The first-order valence-electron chi connectivity index (χ1n) is 6.43. The van der Waals surface area contributed by atoms with Gasteiger partial charge in [-0.1, -0.05) is 6.92 Å². The summed E-state index contributed by atoms with van der Waals surface area (Å²) in [5, 5.41) is 6.32. The molecule has 0 saturated heterocycles. The number of hydrogen-bond acceptors (Lipinski definition) is 3. The molecule has 0 saturated carbocycles. The molecular weight excluding hydrogens is 297 g/mol. The van der Waals surface area contributed by atoms with Crippen LogP contribution in [-0.2, 0) is 0 Å². The lowest BCUT2D eigenvalue weighted by Crippen LogP contribution is -2.32. The second-order valence-corrected chi connectivity index (χ2v) is 4.35. The van der Waals surface area contributed by atoms with E-state index in [1.54, 1.807) is 0 Å². The molecule has 2 aromatic rings. The molecule has 0 fully saturated rings. The van der Waals surface area contributed by atoms with E-state index in [9.17, 15) is 14.0 Å². The summed E-state index contributed by atoms with van der Waals surface area (Å²) in [5.74, 6) is -0.802. The van der Waals surface area contributed by atoms with Gasteiger partial charge in [0.05, 0.1) is 11.1 Å². The van der Waals surface area contributed by atoms with Crippen molar-refractivity contribution in [2.45, 2.75) is 6.92 Å². The minimum absolute atomic E-state index is 0. The van der Waals surface area contributed by atoms with Crippen LogP contribution in [0.15, 0.2) is 29.1 Å². The van der Waals surface area contributed by atoms with Gasteiger partial charge in [0.1, 0.15) is 5.82 Å². The van der Waals surface area contributed by atoms with Crippen molar-refractivity contribution >= 4 is 29.2 Å². The monoisotopic (exact) mass is 313 g/mol. The number of carbonyl (C=O) groups is 1. The Kier molecular flexibility index (Phi) is 6.33. The molecule has 7 heteroatoms. The normalized spacial score (nSPS) is 10.2. The molecule has 5 nitrogen and oxygen atoms in total. The van der Waals surface area contributed by atoms with Crippen LogP contribution in [0.2, 0.25) is 0 Å². The van der Waals surface area contributed by atoms with E-state index in [1.165, 1.54) is 24.3 Å². The molecule has 1 aromatic heterocycles. The van der Waals surface area contributed by atoms with Crippen LogP contribution in [0.1, 0.15) is 17.3 Å². The summed E-state index contributed by atoms with van der Waals surface area (Å²) in [6.07, 6.45) is 0. The highest BCUT2D eigenvalue weighted by molar-refractivity contribution is 6.05. The molecule has 0 aliphatic rings. The Balaban J connectivity index is 0.00000220. The SMILES string of the molecule is CCNCCNC(=O)c1cc(=O)[nH]c2cc(F)ccc12.Cl. The van der Waals surface area contributed by atoms with Gasteiger partial charge in [0.2, 0.25) is 5.56 Å². The van der Waals surface area contributed by atoms with Crippen LogP contribution in [0.3, 0.4) is 0 Å². The van der Waals surface area contributed by atoms with Crippen LogP contribution in [0.4, 0.5) is 4.39 Å². The van der Waals surface area contributed by atoms with Crippen LogP contribution in [0, 0.1) is 5.82 Å². The van der Waals surface area contributed by atoms with Crippen LogP contribution in [0.5, 0.6) is 0 Å². The number of aromatic amines is 1. The fourth-order valence-electron chi connectivity index (χ4n) is 1.96. The number of halogens is 2. The van der Waals surface area contributed by atoms with Gasteiger partial charge in [-0.05, 0) is 24.7 Å². The third-order valence-electron chi connectivity index (χ3n) is 2.89. The molecule has 21 heavy (non-hydrogen) atoms. The Bertz CT molecular complexity index is 687. The molecule has 0 radical (unpaired) electrons. The van der Waals surface area contributed by atoms with Gasteiger partial charge >= 0.3 is 0 Å². The van der Waals surface area contributed by atoms with Crippen molar-refractivity contribution < 1.29 is 9.18 Å². The van der Waals surface area contributed by atoms with E-state index >= 15 is 0 Å². The van der Waals surface area contributed by atoms with Crippen LogP contribution in [-0.4, -0.2) is 30.5 Å². The molecule has 0 aliphatic carbocycles. The van der Waals surface area contributed by atoms with E-state index < -0.39 is 11.4 Å². The van der Waals surface area contributed by atoms with Crippen molar-refractivity contribution in [1.29, 1.82) is 0 Å². The van der Waals surface area contributed by atoms with Crippen LogP contribution < -0.4 is 16.2 Å². The second-order valence-electron chi connectivity index (χ2n) is 4.35. The number of aromatic nitrogens is 1.